The standard InChI is InChI=1S/C12H17NO3S/c1-17(14,15)16-11-5-3-10(4-6-11)12(9-13)7-2-8-12/h3-6H,2,7-9,13H2,1H3. The van der Waals surface area contributed by atoms with Crippen LogP contribution in [-0.4, -0.2) is 21.2 Å². The fourth-order valence-corrected chi connectivity index (χ4v) is 2.71. The van der Waals surface area contributed by atoms with E-state index in [1.54, 1.807) is 12.1 Å². The zero-order valence-corrected chi connectivity index (χ0v) is 10.7. The molecule has 0 heterocycles. The number of hydrogen-bond acceptors (Lipinski definition) is 4. The molecule has 17 heavy (non-hydrogen) atoms. The van der Waals surface area contributed by atoms with Crippen molar-refractivity contribution in [2.45, 2.75) is 24.7 Å². The van der Waals surface area contributed by atoms with E-state index in [2.05, 4.69) is 0 Å². The summed E-state index contributed by atoms with van der Waals surface area (Å²) >= 11 is 0. The third kappa shape index (κ3) is 2.61. The third-order valence-electron chi connectivity index (χ3n) is 3.42. The van der Waals surface area contributed by atoms with E-state index in [0.717, 1.165) is 19.1 Å². The van der Waals surface area contributed by atoms with Gasteiger partial charge in [-0.3, -0.25) is 0 Å². The van der Waals surface area contributed by atoms with Crippen molar-refractivity contribution in [3.8, 4) is 5.75 Å². The monoisotopic (exact) mass is 255 g/mol. The summed E-state index contributed by atoms with van der Waals surface area (Å²) in [5.41, 5.74) is 7.09. The Morgan fingerprint density at radius 3 is 2.24 bits per heavy atom. The molecule has 0 spiro atoms. The van der Waals surface area contributed by atoms with Crippen LogP contribution in [0.3, 0.4) is 0 Å². The summed E-state index contributed by atoms with van der Waals surface area (Å²) in [6.07, 6.45) is 4.46. The molecule has 0 atom stereocenters. The Balaban J connectivity index is 2.18. The molecule has 0 bridgehead atoms. The number of hydrogen-bond donors (Lipinski definition) is 1. The highest BCUT2D eigenvalue weighted by molar-refractivity contribution is 7.86. The fraction of sp³-hybridized carbons (Fsp3) is 0.500. The van der Waals surface area contributed by atoms with Gasteiger partial charge in [0.2, 0.25) is 0 Å². The van der Waals surface area contributed by atoms with Crippen LogP contribution in [-0.2, 0) is 15.5 Å². The average Bonchev–Trinajstić information content (AvgIpc) is 2.17. The van der Waals surface area contributed by atoms with Crippen LogP contribution >= 0.6 is 0 Å². The molecule has 0 radical (unpaired) electrons. The summed E-state index contributed by atoms with van der Waals surface area (Å²) in [5.74, 6) is 0.350. The Hall–Kier alpha value is -1.07. The maximum absolute atomic E-state index is 11.0. The van der Waals surface area contributed by atoms with Crippen molar-refractivity contribution >= 4 is 10.1 Å². The van der Waals surface area contributed by atoms with E-state index in [-0.39, 0.29) is 5.41 Å². The van der Waals surface area contributed by atoms with E-state index in [1.165, 1.54) is 12.0 Å². The summed E-state index contributed by atoms with van der Waals surface area (Å²) in [4.78, 5) is 0. The Kier molecular flexibility index (Phi) is 3.14. The summed E-state index contributed by atoms with van der Waals surface area (Å²) in [7, 11) is -3.45. The summed E-state index contributed by atoms with van der Waals surface area (Å²) < 4.78 is 26.7. The molecular weight excluding hydrogens is 238 g/mol. The molecule has 0 amide bonds. The van der Waals surface area contributed by atoms with Gasteiger partial charge in [-0.15, -0.1) is 0 Å². The molecule has 4 nitrogen and oxygen atoms in total. The minimum absolute atomic E-state index is 0.101. The van der Waals surface area contributed by atoms with Gasteiger partial charge in [-0.1, -0.05) is 18.6 Å². The average molecular weight is 255 g/mol. The molecule has 0 saturated heterocycles. The van der Waals surface area contributed by atoms with Crippen LogP contribution in [0, 0.1) is 0 Å². The first-order chi connectivity index (χ1) is 7.95. The van der Waals surface area contributed by atoms with Gasteiger partial charge in [-0.05, 0) is 30.5 Å². The van der Waals surface area contributed by atoms with Crippen LogP contribution in [0.2, 0.25) is 0 Å². The molecule has 1 aromatic rings. The first-order valence-corrected chi connectivity index (χ1v) is 7.47. The zero-order valence-electron chi connectivity index (χ0n) is 9.85. The van der Waals surface area contributed by atoms with Gasteiger partial charge in [0.15, 0.2) is 0 Å². The van der Waals surface area contributed by atoms with Gasteiger partial charge in [-0.2, -0.15) is 8.42 Å². The van der Waals surface area contributed by atoms with Crippen molar-refractivity contribution in [3.63, 3.8) is 0 Å². The van der Waals surface area contributed by atoms with Crippen LogP contribution in [0.1, 0.15) is 24.8 Å². The quantitative estimate of drug-likeness (QED) is 0.826. The van der Waals surface area contributed by atoms with Gasteiger partial charge in [0.05, 0.1) is 6.26 Å². The van der Waals surface area contributed by atoms with E-state index in [4.69, 9.17) is 9.92 Å². The Morgan fingerprint density at radius 1 is 1.29 bits per heavy atom. The highest BCUT2D eigenvalue weighted by Crippen LogP contribution is 2.43. The predicted octanol–water partition coefficient (Wildman–Crippen LogP) is 1.41. The van der Waals surface area contributed by atoms with Crippen molar-refractivity contribution in [1.82, 2.24) is 0 Å². The summed E-state index contributed by atoms with van der Waals surface area (Å²) in [6, 6.07) is 7.19. The molecule has 1 aromatic carbocycles. The van der Waals surface area contributed by atoms with Crippen molar-refractivity contribution in [2.75, 3.05) is 12.8 Å². The maximum Gasteiger partial charge on any atom is 0.306 e. The lowest BCUT2D eigenvalue weighted by atomic mass is 9.64. The van der Waals surface area contributed by atoms with E-state index >= 15 is 0 Å². The zero-order chi connectivity index (χ0) is 12.5. The Morgan fingerprint density at radius 2 is 1.88 bits per heavy atom. The SMILES string of the molecule is CS(=O)(=O)Oc1ccc(C2(CN)CCC2)cc1. The first-order valence-electron chi connectivity index (χ1n) is 5.65. The van der Waals surface area contributed by atoms with E-state index in [0.29, 0.717) is 12.3 Å². The predicted molar refractivity (Wildman–Crippen MR) is 66.5 cm³/mol. The molecule has 2 N–H and O–H groups in total. The lowest BCUT2D eigenvalue weighted by Crippen LogP contribution is -2.41. The van der Waals surface area contributed by atoms with Gasteiger partial charge in [-0.25, -0.2) is 0 Å². The van der Waals surface area contributed by atoms with Crippen molar-refractivity contribution in [1.29, 1.82) is 0 Å². The molecular formula is C12H17NO3S. The van der Waals surface area contributed by atoms with Gasteiger partial charge in [0.1, 0.15) is 5.75 Å². The van der Waals surface area contributed by atoms with Gasteiger partial charge in [0.25, 0.3) is 0 Å². The largest absolute Gasteiger partial charge is 0.383 e. The van der Waals surface area contributed by atoms with Crippen LogP contribution < -0.4 is 9.92 Å². The molecule has 1 aliphatic rings. The second-order valence-corrected chi connectivity index (χ2v) is 6.22. The van der Waals surface area contributed by atoms with Gasteiger partial charge < -0.3 is 9.92 Å². The number of nitrogens with two attached hydrogens (primary N) is 1. The molecule has 1 fully saturated rings. The molecule has 5 heteroatoms. The van der Waals surface area contributed by atoms with Crippen molar-refractivity contribution in [3.05, 3.63) is 29.8 Å². The molecule has 94 valence electrons. The Bertz CT molecular complexity index is 483. The van der Waals surface area contributed by atoms with Gasteiger partial charge in [0, 0.05) is 12.0 Å². The normalized spacial score (nSPS) is 18.5. The molecule has 0 aromatic heterocycles. The fourth-order valence-electron chi connectivity index (χ4n) is 2.25. The number of benzene rings is 1. The molecule has 2 rings (SSSR count). The van der Waals surface area contributed by atoms with Crippen LogP contribution in [0.4, 0.5) is 0 Å². The van der Waals surface area contributed by atoms with E-state index < -0.39 is 10.1 Å². The summed E-state index contributed by atoms with van der Waals surface area (Å²) in [6.45, 7) is 0.638. The summed E-state index contributed by atoms with van der Waals surface area (Å²) in [5, 5.41) is 0. The molecule has 0 aliphatic heterocycles. The highest BCUT2D eigenvalue weighted by atomic mass is 32.2. The topological polar surface area (TPSA) is 69.4 Å². The Labute approximate surface area is 102 Å². The van der Waals surface area contributed by atoms with Crippen molar-refractivity contribution < 1.29 is 12.6 Å². The molecule has 0 unspecified atom stereocenters. The minimum Gasteiger partial charge on any atom is -0.383 e. The second-order valence-electron chi connectivity index (χ2n) is 4.65. The first kappa shape index (κ1) is 12.4. The van der Waals surface area contributed by atoms with Crippen LogP contribution in [0.5, 0.6) is 5.75 Å². The molecule has 1 saturated carbocycles. The van der Waals surface area contributed by atoms with E-state index in [1.807, 2.05) is 12.1 Å². The van der Waals surface area contributed by atoms with Crippen LogP contribution in [0.25, 0.3) is 0 Å². The highest BCUT2D eigenvalue weighted by Gasteiger charge is 2.37. The smallest absolute Gasteiger partial charge is 0.306 e. The molecule has 1 aliphatic carbocycles. The van der Waals surface area contributed by atoms with Crippen molar-refractivity contribution in [2.24, 2.45) is 5.73 Å². The van der Waals surface area contributed by atoms with Crippen LogP contribution in [0.15, 0.2) is 24.3 Å². The lowest BCUT2D eigenvalue weighted by molar-refractivity contribution is 0.253. The second kappa shape index (κ2) is 4.31. The van der Waals surface area contributed by atoms with E-state index in [9.17, 15) is 8.42 Å². The third-order valence-corrected chi connectivity index (χ3v) is 3.91. The minimum atomic E-state index is -3.45. The van der Waals surface area contributed by atoms with Gasteiger partial charge >= 0.3 is 10.1 Å². The number of rotatable bonds is 4. The lowest BCUT2D eigenvalue weighted by Gasteiger charge is -2.41. The maximum atomic E-state index is 11.0.